The summed E-state index contributed by atoms with van der Waals surface area (Å²) >= 11 is 0. The molecule has 0 saturated heterocycles. The molecule has 4 nitrogen and oxygen atoms in total. The summed E-state index contributed by atoms with van der Waals surface area (Å²) in [5, 5.41) is 3.33. The summed E-state index contributed by atoms with van der Waals surface area (Å²) in [4.78, 5) is 12.1. The molecule has 0 saturated carbocycles. The predicted molar refractivity (Wildman–Crippen MR) is 68.1 cm³/mol. The van der Waals surface area contributed by atoms with Gasteiger partial charge in [-0.05, 0) is 6.07 Å². The van der Waals surface area contributed by atoms with Gasteiger partial charge in [-0.1, -0.05) is 18.2 Å². The number of hydrogen-bond acceptors (Lipinski definition) is 3. The van der Waals surface area contributed by atoms with E-state index in [1.165, 1.54) is 4.57 Å². The van der Waals surface area contributed by atoms with Crippen LogP contribution in [0.4, 0.5) is 14.5 Å². The second-order valence-corrected chi connectivity index (χ2v) is 4.58. The van der Waals surface area contributed by atoms with Crippen LogP contribution in [0.15, 0.2) is 29.1 Å². The fourth-order valence-corrected chi connectivity index (χ4v) is 2.22. The van der Waals surface area contributed by atoms with Crippen LogP contribution < -0.4 is 15.6 Å². The minimum atomic E-state index is -2.99. The van der Waals surface area contributed by atoms with Gasteiger partial charge in [0.25, 0.3) is 11.5 Å². The van der Waals surface area contributed by atoms with Crippen LogP contribution in [0.3, 0.4) is 0 Å². The van der Waals surface area contributed by atoms with Crippen molar-refractivity contribution in [2.75, 3.05) is 18.5 Å². The number of pyridine rings is 1. The first-order valence-electron chi connectivity index (χ1n) is 5.86. The highest BCUT2D eigenvalue weighted by atomic mass is 19.3. The van der Waals surface area contributed by atoms with Crippen molar-refractivity contribution in [1.29, 1.82) is 0 Å². The Kier molecular flexibility index (Phi) is 2.48. The lowest BCUT2D eigenvalue weighted by Crippen LogP contribution is -2.31. The average molecular weight is 266 g/mol. The molecule has 6 heteroatoms. The van der Waals surface area contributed by atoms with Crippen LogP contribution in [0.1, 0.15) is 0 Å². The molecule has 0 amide bonds. The Morgan fingerprint density at radius 1 is 1.37 bits per heavy atom. The van der Waals surface area contributed by atoms with E-state index < -0.39 is 24.6 Å². The van der Waals surface area contributed by atoms with Gasteiger partial charge >= 0.3 is 0 Å². The van der Waals surface area contributed by atoms with E-state index in [1.54, 1.807) is 31.3 Å². The molecule has 0 aliphatic carbocycles. The lowest BCUT2D eigenvalue weighted by molar-refractivity contribution is -0.0251. The molecular formula is C13H12F2N2O2. The fraction of sp³-hybridized carbons (Fsp3) is 0.308. The Morgan fingerprint density at radius 3 is 2.89 bits per heavy atom. The number of anilines is 1. The minimum Gasteiger partial charge on any atom is -0.480 e. The molecule has 1 aromatic carbocycles. The molecule has 0 fully saturated rings. The second-order valence-electron chi connectivity index (χ2n) is 4.58. The molecule has 2 heterocycles. The van der Waals surface area contributed by atoms with Crippen molar-refractivity contribution in [2.45, 2.75) is 5.92 Å². The lowest BCUT2D eigenvalue weighted by Gasteiger charge is -2.13. The van der Waals surface area contributed by atoms with E-state index in [0.29, 0.717) is 16.6 Å². The number of para-hydroxylation sites is 1. The number of ether oxygens (including phenoxy) is 1. The molecule has 0 radical (unpaired) electrons. The Bertz CT molecular complexity index is 710. The van der Waals surface area contributed by atoms with Gasteiger partial charge in [0.2, 0.25) is 5.75 Å². The molecule has 1 aromatic heterocycles. The third-order valence-corrected chi connectivity index (χ3v) is 3.21. The van der Waals surface area contributed by atoms with Gasteiger partial charge in [0.15, 0.2) is 6.61 Å². The number of alkyl halides is 2. The predicted octanol–water partition coefficient (Wildman–Crippen LogP) is 1.98. The lowest BCUT2D eigenvalue weighted by atomic mass is 10.1. The van der Waals surface area contributed by atoms with E-state index >= 15 is 0 Å². The van der Waals surface area contributed by atoms with Crippen molar-refractivity contribution in [2.24, 2.45) is 7.05 Å². The molecule has 19 heavy (non-hydrogen) atoms. The number of aryl methyl sites for hydroxylation is 1. The maximum Gasteiger partial charge on any atom is 0.298 e. The van der Waals surface area contributed by atoms with E-state index in [-0.39, 0.29) is 5.75 Å². The minimum absolute atomic E-state index is 0.0432. The summed E-state index contributed by atoms with van der Waals surface area (Å²) in [6.45, 7) is -1.34. The molecule has 2 aromatic rings. The smallest absolute Gasteiger partial charge is 0.298 e. The Labute approximate surface area is 107 Å². The average Bonchev–Trinajstić information content (AvgIpc) is 2.55. The first-order valence-corrected chi connectivity index (χ1v) is 5.86. The van der Waals surface area contributed by atoms with Crippen LogP contribution in [-0.4, -0.2) is 23.6 Å². The highest BCUT2D eigenvalue weighted by Gasteiger charge is 2.34. The van der Waals surface area contributed by atoms with Gasteiger partial charge < -0.3 is 14.6 Å². The zero-order valence-corrected chi connectivity index (χ0v) is 10.2. The van der Waals surface area contributed by atoms with E-state index in [2.05, 4.69) is 5.32 Å². The van der Waals surface area contributed by atoms with Gasteiger partial charge in [-0.15, -0.1) is 0 Å². The number of halogens is 2. The van der Waals surface area contributed by atoms with E-state index in [9.17, 15) is 13.6 Å². The van der Waals surface area contributed by atoms with Crippen LogP contribution in [-0.2, 0) is 7.05 Å². The van der Waals surface area contributed by atoms with E-state index in [4.69, 9.17) is 4.74 Å². The molecule has 0 bridgehead atoms. The Morgan fingerprint density at radius 2 is 2.11 bits per heavy atom. The van der Waals surface area contributed by atoms with Crippen LogP contribution in [0.25, 0.3) is 10.9 Å². The van der Waals surface area contributed by atoms with Crippen LogP contribution in [0.5, 0.6) is 5.75 Å². The summed E-state index contributed by atoms with van der Waals surface area (Å²) in [6.07, 6.45) is 0. The first kappa shape index (κ1) is 12.0. The number of hydrogen-bond donors (Lipinski definition) is 1. The molecule has 3 rings (SSSR count). The number of rotatable bonds is 0. The second kappa shape index (κ2) is 3.94. The number of fused-ring (bicyclic) bond motifs is 3. The van der Waals surface area contributed by atoms with Gasteiger partial charge in [-0.25, -0.2) is 8.78 Å². The molecule has 1 aliphatic heterocycles. The highest BCUT2D eigenvalue weighted by Crippen LogP contribution is 2.33. The van der Waals surface area contributed by atoms with Gasteiger partial charge in [0.05, 0.1) is 17.7 Å². The van der Waals surface area contributed by atoms with Gasteiger partial charge in [-0.3, -0.25) is 4.79 Å². The normalized spacial score (nSPS) is 17.2. The molecule has 1 N–H and O–H groups in total. The van der Waals surface area contributed by atoms with Crippen LogP contribution >= 0.6 is 0 Å². The molecular weight excluding hydrogens is 254 g/mol. The van der Waals surface area contributed by atoms with Crippen molar-refractivity contribution in [3.63, 3.8) is 0 Å². The van der Waals surface area contributed by atoms with Crippen molar-refractivity contribution in [3.05, 3.63) is 34.6 Å². The zero-order valence-electron chi connectivity index (χ0n) is 10.2. The molecule has 100 valence electrons. The topological polar surface area (TPSA) is 43.3 Å². The number of nitrogens with one attached hydrogen (secondary N) is 1. The van der Waals surface area contributed by atoms with E-state index in [1.807, 2.05) is 0 Å². The maximum absolute atomic E-state index is 13.4. The van der Waals surface area contributed by atoms with Gasteiger partial charge in [0.1, 0.15) is 0 Å². The molecule has 0 atom stereocenters. The number of benzene rings is 1. The zero-order chi connectivity index (χ0) is 13.6. The quantitative estimate of drug-likeness (QED) is 0.793. The highest BCUT2D eigenvalue weighted by molar-refractivity contribution is 5.94. The number of aromatic nitrogens is 1. The summed E-state index contributed by atoms with van der Waals surface area (Å²) in [6, 6.07) is 7.12. The number of nitrogens with zero attached hydrogens (tertiary/aromatic N) is 1. The third-order valence-electron chi connectivity index (χ3n) is 3.21. The third kappa shape index (κ3) is 1.83. The largest absolute Gasteiger partial charge is 0.480 e. The molecule has 0 unspecified atom stereocenters. The summed E-state index contributed by atoms with van der Waals surface area (Å²) in [5.74, 6) is -3.04. The van der Waals surface area contributed by atoms with Crippen molar-refractivity contribution >= 4 is 16.6 Å². The van der Waals surface area contributed by atoms with Crippen molar-refractivity contribution in [1.82, 2.24) is 4.57 Å². The summed E-state index contributed by atoms with van der Waals surface area (Å²) < 4.78 is 33.2. The fourth-order valence-electron chi connectivity index (χ4n) is 2.22. The first-order chi connectivity index (χ1) is 8.99. The van der Waals surface area contributed by atoms with Crippen LogP contribution in [0, 0.1) is 0 Å². The van der Waals surface area contributed by atoms with E-state index in [0.717, 1.165) is 0 Å². The maximum atomic E-state index is 13.4. The summed E-state index contributed by atoms with van der Waals surface area (Å²) in [5.41, 5.74) is 0.599. The van der Waals surface area contributed by atoms with Gasteiger partial charge in [-0.2, -0.15) is 0 Å². The monoisotopic (exact) mass is 266 g/mol. The molecule has 0 spiro atoms. The molecule has 1 aliphatic rings. The SMILES string of the molecule is Cn1c(=O)c2c(c3ccccc31)NCC(F)(F)CO2. The standard InChI is InChI=1S/C13H12F2N2O2/c1-17-9-5-3-2-4-8(9)10-11(12(17)18)19-7-13(14,15)6-16-10/h2-5,16H,6-7H2,1H3. The van der Waals surface area contributed by atoms with Crippen molar-refractivity contribution < 1.29 is 13.5 Å². The summed E-state index contributed by atoms with van der Waals surface area (Å²) in [7, 11) is 1.59. The van der Waals surface area contributed by atoms with Crippen molar-refractivity contribution in [3.8, 4) is 5.75 Å². The van der Waals surface area contributed by atoms with Gasteiger partial charge in [0, 0.05) is 12.4 Å². The Hall–Kier alpha value is -2.11. The Balaban J connectivity index is 2.32. The van der Waals surface area contributed by atoms with Crippen LogP contribution in [0.2, 0.25) is 0 Å².